The Morgan fingerprint density at radius 1 is 1.33 bits per heavy atom. The molecule has 0 aliphatic carbocycles. The number of nitrogens with zero attached hydrogens (tertiary/aromatic N) is 1. The molecule has 0 atom stereocenters. The molecule has 2 rings (SSSR count). The Morgan fingerprint density at radius 2 is 2.05 bits per heavy atom. The van der Waals surface area contributed by atoms with E-state index in [-0.39, 0.29) is 23.6 Å². The summed E-state index contributed by atoms with van der Waals surface area (Å²) in [6.45, 7) is 1.77. The van der Waals surface area contributed by atoms with E-state index in [4.69, 9.17) is 5.73 Å². The average Bonchev–Trinajstić information content (AvgIpc) is 2.37. The molecule has 7 heteroatoms. The van der Waals surface area contributed by atoms with Crippen LogP contribution < -0.4 is 11.3 Å². The minimum absolute atomic E-state index is 0.0767. The predicted molar refractivity (Wildman–Crippen MR) is 72.9 cm³/mol. The van der Waals surface area contributed by atoms with Gasteiger partial charge in [-0.25, -0.2) is 4.98 Å². The van der Waals surface area contributed by atoms with Gasteiger partial charge in [0.05, 0.1) is 11.1 Å². The molecule has 0 aliphatic heterocycles. The van der Waals surface area contributed by atoms with Gasteiger partial charge in [-0.3, -0.25) is 4.79 Å². The van der Waals surface area contributed by atoms with Crippen LogP contribution in [0.5, 0.6) is 0 Å². The quantitative estimate of drug-likeness (QED) is 0.914. The van der Waals surface area contributed by atoms with Gasteiger partial charge >= 0.3 is 6.18 Å². The maximum absolute atomic E-state index is 12.6. The highest BCUT2D eigenvalue weighted by atomic mass is 19.4. The lowest BCUT2D eigenvalue weighted by Crippen LogP contribution is -2.19. The van der Waals surface area contributed by atoms with E-state index >= 15 is 0 Å². The largest absolute Gasteiger partial charge is 0.416 e. The van der Waals surface area contributed by atoms with Crippen molar-refractivity contribution in [1.29, 1.82) is 0 Å². The van der Waals surface area contributed by atoms with E-state index in [9.17, 15) is 18.0 Å². The fraction of sp³-hybridized carbons (Fsp3) is 0.286. The van der Waals surface area contributed by atoms with E-state index in [0.29, 0.717) is 17.5 Å². The van der Waals surface area contributed by atoms with Gasteiger partial charge in [-0.2, -0.15) is 13.2 Å². The standard InChI is InChI=1S/C14H14F3N3O/c1-2-10-12(18)19-11(20-13(10)21)7-8-4-3-5-9(6-8)14(15,16)17/h3-6H,2,7H2,1H3,(H3,18,19,20,21). The van der Waals surface area contributed by atoms with E-state index in [1.807, 2.05) is 0 Å². The first-order valence-corrected chi connectivity index (χ1v) is 6.35. The summed E-state index contributed by atoms with van der Waals surface area (Å²) < 4.78 is 37.9. The molecule has 112 valence electrons. The van der Waals surface area contributed by atoms with Crippen molar-refractivity contribution in [2.75, 3.05) is 5.73 Å². The predicted octanol–water partition coefficient (Wildman–Crippen LogP) is 2.52. The molecule has 3 N–H and O–H groups in total. The Kier molecular flexibility index (Phi) is 4.02. The second-order valence-electron chi connectivity index (χ2n) is 4.60. The van der Waals surface area contributed by atoms with E-state index in [1.54, 1.807) is 13.0 Å². The summed E-state index contributed by atoms with van der Waals surface area (Å²) in [6, 6.07) is 4.89. The SMILES string of the molecule is CCc1c(N)nc(Cc2cccc(C(F)(F)F)c2)[nH]c1=O. The van der Waals surface area contributed by atoms with Crippen LogP contribution in [0, 0.1) is 0 Å². The number of H-pyrrole nitrogens is 1. The summed E-state index contributed by atoms with van der Waals surface area (Å²) in [4.78, 5) is 18.3. The molecule has 21 heavy (non-hydrogen) atoms. The fourth-order valence-corrected chi connectivity index (χ4v) is 2.04. The lowest BCUT2D eigenvalue weighted by Gasteiger charge is -2.09. The molecule has 0 fully saturated rings. The highest BCUT2D eigenvalue weighted by molar-refractivity contribution is 5.38. The first kappa shape index (κ1) is 15.1. The highest BCUT2D eigenvalue weighted by Crippen LogP contribution is 2.29. The molecule has 0 aliphatic rings. The molecule has 0 saturated carbocycles. The Labute approximate surface area is 118 Å². The van der Waals surface area contributed by atoms with Crippen LogP contribution in [0.4, 0.5) is 19.0 Å². The Balaban J connectivity index is 2.33. The maximum atomic E-state index is 12.6. The van der Waals surface area contributed by atoms with Crippen molar-refractivity contribution in [3.05, 3.63) is 57.1 Å². The zero-order chi connectivity index (χ0) is 15.6. The second kappa shape index (κ2) is 5.59. The Bertz CT molecular complexity index is 707. The number of hydrogen-bond acceptors (Lipinski definition) is 3. The number of halogens is 3. The average molecular weight is 297 g/mol. The molecule has 0 saturated heterocycles. The molecule has 2 aromatic rings. The van der Waals surface area contributed by atoms with Crippen LogP contribution in [-0.2, 0) is 19.0 Å². The molecule has 0 spiro atoms. The smallest absolute Gasteiger partial charge is 0.383 e. The Hall–Kier alpha value is -2.31. The van der Waals surface area contributed by atoms with Crippen LogP contribution >= 0.6 is 0 Å². The fourth-order valence-electron chi connectivity index (χ4n) is 2.04. The summed E-state index contributed by atoms with van der Waals surface area (Å²) in [6.07, 6.45) is -3.88. The topological polar surface area (TPSA) is 71.8 Å². The van der Waals surface area contributed by atoms with Gasteiger partial charge in [0.2, 0.25) is 0 Å². The van der Waals surface area contributed by atoms with E-state index in [2.05, 4.69) is 9.97 Å². The molecule has 0 amide bonds. The molecule has 1 aromatic heterocycles. The van der Waals surface area contributed by atoms with Crippen molar-refractivity contribution in [2.45, 2.75) is 25.9 Å². The van der Waals surface area contributed by atoms with Crippen molar-refractivity contribution in [2.24, 2.45) is 0 Å². The number of benzene rings is 1. The van der Waals surface area contributed by atoms with Crippen LogP contribution in [0.15, 0.2) is 29.1 Å². The molecule has 1 aromatic carbocycles. The first-order valence-electron chi connectivity index (χ1n) is 6.35. The van der Waals surface area contributed by atoms with E-state index in [0.717, 1.165) is 12.1 Å². The van der Waals surface area contributed by atoms with E-state index in [1.165, 1.54) is 6.07 Å². The third kappa shape index (κ3) is 3.42. The lowest BCUT2D eigenvalue weighted by atomic mass is 10.1. The van der Waals surface area contributed by atoms with Gasteiger partial charge in [-0.1, -0.05) is 25.1 Å². The summed E-state index contributed by atoms with van der Waals surface area (Å²) >= 11 is 0. The Morgan fingerprint density at radius 3 is 2.62 bits per heavy atom. The van der Waals surface area contributed by atoms with Gasteiger partial charge < -0.3 is 10.7 Å². The molecule has 0 radical (unpaired) electrons. The van der Waals surface area contributed by atoms with Gasteiger partial charge in [0.25, 0.3) is 5.56 Å². The molecule has 0 unspecified atom stereocenters. The number of aromatic amines is 1. The summed E-state index contributed by atoms with van der Waals surface area (Å²) in [5.74, 6) is 0.359. The van der Waals surface area contributed by atoms with Crippen LogP contribution in [0.25, 0.3) is 0 Å². The van der Waals surface area contributed by atoms with Crippen LogP contribution in [0.2, 0.25) is 0 Å². The van der Waals surface area contributed by atoms with Crippen molar-refractivity contribution >= 4 is 5.82 Å². The number of anilines is 1. The molecule has 4 nitrogen and oxygen atoms in total. The van der Waals surface area contributed by atoms with Gasteiger partial charge in [0.1, 0.15) is 11.6 Å². The van der Waals surface area contributed by atoms with E-state index < -0.39 is 11.7 Å². The minimum atomic E-state index is -4.40. The number of aromatic nitrogens is 2. The molecular weight excluding hydrogens is 283 g/mol. The summed E-state index contributed by atoms with van der Waals surface area (Å²) in [5, 5.41) is 0. The number of nitrogens with one attached hydrogen (secondary N) is 1. The van der Waals surface area contributed by atoms with Gasteiger partial charge in [0.15, 0.2) is 0 Å². The second-order valence-corrected chi connectivity index (χ2v) is 4.60. The third-order valence-corrected chi connectivity index (χ3v) is 3.08. The molecule has 1 heterocycles. The van der Waals surface area contributed by atoms with Crippen molar-refractivity contribution in [3.8, 4) is 0 Å². The highest BCUT2D eigenvalue weighted by Gasteiger charge is 2.30. The summed E-state index contributed by atoms with van der Waals surface area (Å²) in [7, 11) is 0. The summed E-state index contributed by atoms with van der Waals surface area (Å²) in [5.41, 5.74) is 5.36. The van der Waals surface area contributed by atoms with Crippen LogP contribution in [0.3, 0.4) is 0 Å². The maximum Gasteiger partial charge on any atom is 0.416 e. The lowest BCUT2D eigenvalue weighted by molar-refractivity contribution is -0.137. The normalized spacial score (nSPS) is 11.6. The number of nitrogens with two attached hydrogens (primary N) is 1. The van der Waals surface area contributed by atoms with Gasteiger partial charge in [-0.05, 0) is 18.1 Å². The van der Waals surface area contributed by atoms with Gasteiger partial charge in [0, 0.05) is 6.42 Å². The number of hydrogen-bond donors (Lipinski definition) is 2. The molecular formula is C14H14F3N3O. The van der Waals surface area contributed by atoms with Crippen LogP contribution in [0.1, 0.15) is 29.4 Å². The number of nitrogen functional groups attached to an aromatic ring is 1. The van der Waals surface area contributed by atoms with Crippen molar-refractivity contribution in [3.63, 3.8) is 0 Å². The zero-order valence-corrected chi connectivity index (χ0v) is 11.3. The van der Waals surface area contributed by atoms with Crippen molar-refractivity contribution < 1.29 is 13.2 Å². The monoisotopic (exact) mass is 297 g/mol. The minimum Gasteiger partial charge on any atom is -0.383 e. The van der Waals surface area contributed by atoms with Crippen LogP contribution in [-0.4, -0.2) is 9.97 Å². The first-order chi connectivity index (χ1) is 9.81. The third-order valence-electron chi connectivity index (χ3n) is 3.08. The van der Waals surface area contributed by atoms with Crippen molar-refractivity contribution in [1.82, 2.24) is 9.97 Å². The number of alkyl halides is 3. The zero-order valence-electron chi connectivity index (χ0n) is 11.3. The number of rotatable bonds is 3. The van der Waals surface area contributed by atoms with Gasteiger partial charge in [-0.15, -0.1) is 0 Å². The molecule has 0 bridgehead atoms.